The molecule has 1 fully saturated rings. The van der Waals surface area contributed by atoms with E-state index in [0.29, 0.717) is 5.56 Å². The van der Waals surface area contributed by atoms with Crippen molar-refractivity contribution in [2.45, 2.75) is 18.2 Å². The second-order valence-corrected chi connectivity index (χ2v) is 5.20. The van der Waals surface area contributed by atoms with E-state index in [2.05, 4.69) is 15.8 Å². The Labute approximate surface area is 132 Å². The third-order valence-corrected chi connectivity index (χ3v) is 3.90. The van der Waals surface area contributed by atoms with Crippen molar-refractivity contribution in [3.05, 3.63) is 58.9 Å². The number of nitriles is 2. The van der Waals surface area contributed by atoms with Gasteiger partial charge in [0.2, 0.25) is 0 Å². The summed E-state index contributed by atoms with van der Waals surface area (Å²) in [6, 6.07) is 9.79. The summed E-state index contributed by atoms with van der Waals surface area (Å²) in [6.07, 6.45) is 2.34. The lowest BCUT2D eigenvalue weighted by atomic mass is 9.86. The number of nitrogens with one attached hydrogen (secondary N) is 2. The molecule has 1 aromatic carbocycles. The monoisotopic (exact) mass is 307 g/mol. The van der Waals surface area contributed by atoms with Crippen LogP contribution in [0.15, 0.2) is 36.7 Å². The maximum Gasteiger partial charge on any atom is 0.126 e. The number of pyridine rings is 1. The molecule has 23 heavy (non-hydrogen) atoms. The second kappa shape index (κ2) is 6.03. The lowest BCUT2D eigenvalue weighted by Crippen LogP contribution is -2.31. The first kappa shape index (κ1) is 14.9. The minimum absolute atomic E-state index is 0.0973. The van der Waals surface area contributed by atoms with Crippen LogP contribution in [-0.2, 0) is 0 Å². The number of rotatable bonds is 2. The molecule has 0 radical (unpaired) electrons. The zero-order valence-corrected chi connectivity index (χ0v) is 11.9. The second-order valence-electron chi connectivity index (χ2n) is 5.20. The van der Waals surface area contributed by atoms with E-state index in [1.54, 1.807) is 18.5 Å². The Balaban J connectivity index is 2.09. The minimum atomic E-state index is -0.967. The molecule has 3 atom stereocenters. The highest BCUT2D eigenvalue weighted by molar-refractivity contribution is 5.54. The molecule has 1 aliphatic rings. The van der Waals surface area contributed by atoms with Gasteiger partial charge >= 0.3 is 0 Å². The van der Waals surface area contributed by atoms with Crippen LogP contribution < -0.4 is 10.9 Å². The molecule has 0 bridgehead atoms. The Kier molecular flexibility index (Phi) is 3.92. The summed E-state index contributed by atoms with van der Waals surface area (Å²) in [7, 11) is 0. The van der Waals surface area contributed by atoms with Gasteiger partial charge in [-0.25, -0.2) is 10.9 Å². The number of hydrogen-bond acceptors (Lipinski definition) is 7. The molecule has 0 saturated carbocycles. The number of aromatic nitrogens is 1. The molecule has 1 aromatic heterocycles. The summed E-state index contributed by atoms with van der Waals surface area (Å²) >= 11 is 0. The summed E-state index contributed by atoms with van der Waals surface area (Å²) in [4.78, 5) is 4.06. The van der Waals surface area contributed by atoms with Gasteiger partial charge in [-0.05, 0) is 23.8 Å². The van der Waals surface area contributed by atoms with Gasteiger partial charge in [0.15, 0.2) is 0 Å². The van der Waals surface area contributed by atoms with Crippen LogP contribution in [0.2, 0.25) is 0 Å². The van der Waals surface area contributed by atoms with Crippen LogP contribution in [-0.4, -0.2) is 21.4 Å². The predicted molar refractivity (Wildman–Crippen MR) is 79.5 cm³/mol. The van der Waals surface area contributed by atoms with Crippen molar-refractivity contribution in [3.63, 3.8) is 0 Å². The van der Waals surface area contributed by atoms with Gasteiger partial charge in [-0.1, -0.05) is 6.07 Å². The topological polar surface area (TPSA) is 125 Å². The molecule has 0 amide bonds. The zero-order valence-electron chi connectivity index (χ0n) is 11.9. The molecule has 0 spiro atoms. The quantitative estimate of drug-likeness (QED) is 0.646. The number of benzene rings is 1. The van der Waals surface area contributed by atoms with Gasteiger partial charge in [-0.2, -0.15) is 10.5 Å². The van der Waals surface area contributed by atoms with E-state index in [0.717, 1.165) is 5.56 Å². The van der Waals surface area contributed by atoms with Crippen LogP contribution in [0.5, 0.6) is 5.75 Å². The SMILES string of the molecule is N#Cc1cc(O)c(C2C(O)NNC2c2cccnc2)cc1C#N. The molecule has 2 heterocycles. The maximum atomic E-state index is 10.2. The van der Waals surface area contributed by atoms with Crippen molar-refractivity contribution < 1.29 is 10.2 Å². The fourth-order valence-corrected chi connectivity index (χ4v) is 2.79. The van der Waals surface area contributed by atoms with Gasteiger partial charge in [-0.15, -0.1) is 0 Å². The first-order valence-electron chi connectivity index (χ1n) is 6.92. The number of aliphatic hydroxyl groups excluding tert-OH is 1. The number of nitrogens with zero attached hydrogens (tertiary/aromatic N) is 3. The molecular weight excluding hydrogens is 294 g/mol. The average molecular weight is 307 g/mol. The third-order valence-electron chi connectivity index (χ3n) is 3.90. The van der Waals surface area contributed by atoms with E-state index in [-0.39, 0.29) is 22.9 Å². The number of aromatic hydroxyl groups is 1. The van der Waals surface area contributed by atoms with Crippen molar-refractivity contribution in [3.8, 4) is 17.9 Å². The standard InChI is InChI=1S/C16H13N5O2/c17-6-10-4-12(13(22)5-11(10)7-18)14-15(20-21-16(14)23)9-2-1-3-19-8-9/h1-5,8,14-16,20-23H. The van der Waals surface area contributed by atoms with Gasteiger partial charge < -0.3 is 10.2 Å². The van der Waals surface area contributed by atoms with E-state index in [4.69, 9.17) is 5.26 Å². The molecule has 4 N–H and O–H groups in total. The van der Waals surface area contributed by atoms with Crippen LogP contribution in [0.3, 0.4) is 0 Å². The third kappa shape index (κ3) is 2.60. The molecule has 0 aliphatic carbocycles. The largest absolute Gasteiger partial charge is 0.508 e. The van der Waals surface area contributed by atoms with Gasteiger partial charge in [0.25, 0.3) is 0 Å². The smallest absolute Gasteiger partial charge is 0.126 e. The summed E-state index contributed by atoms with van der Waals surface area (Å²) in [5.74, 6) is -0.678. The van der Waals surface area contributed by atoms with Crippen molar-refractivity contribution in [1.29, 1.82) is 10.5 Å². The van der Waals surface area contributed by atoms with E-state index >= 15 is 0 Å². The van der Waals surface area contributed by atoms with Crippen LogP contribution >= 0.6 is 0 Å². The molecule has 3 unspecified atom stereocenters. The number of hydrogen-bond donors (Lipinski definition) is 4. The first-order valence-corrected chi connectivity index (χ1v) is 6.92. The average Bonchev–Trinajstić information content (AvgIpc) is 2.97. The molecule has 114 valence electrons. The van der Waals surface area contributed by atoms with E-state index in [1.165, 1.54) is 12.1 Å². The number of phenolic OH excluding ortho intramolecular Hbond substituents is 1. The van der Waals surface area contributed by atoms with Gasteiger partial charge in [0, 0.05) is 23.9 Å². The van der Waals surface area contributed by atoms with Gasteiger partial charge in [-0.3, -0.25) is 4.98 Å². The van der Waals surface area contributed by atoms with E-state index in [1.807, 2.05) is 18.2 Å². The molecular formula is C16H13N5O2. The Hall–Kier alpha value is -2.97. The fraction of sp³-hybridized carbons (Fsp3) is 0.188. The lowest BCUT2D eigenvalue weighted by Gasteiger charge is -2.22. The van der Waals surface area contributed by atoms with Crippen molar-refractivity contribution in [1.82, 2.24) is 15.8 Å². The summed E-state index contributed by atoms with van der Waals surface area (Å²) in [6.45, 7) is 0. The van der Waals surface area contributed by atoms with Crippen LogP contribution in [0.1, 0.15) is 34.2 Å². The van der Waals surface area contributed by atoms with Gasteiger partial charge in [0.05, 0.1) is 17.2 Å². The molecule has 1 aliphatic heterocycles. The highest BCUT2D eigenvalue weighted by Gasteiger charge is 2.38. The Morgan fingerprint density at radius 2 is 1.87 bits per heavy atom. The Morgan fingerprint density at radius 1 is 1.13 bits per heavy atom. The first-order chi connectivity index (χ1) is 11.2. The normalized spacial score (nSPS) is 23.2. The summed E-state index contributed by atoms with van der Waals surface area (Å²) in [5.41, 5.74) is 7.16. The lowest BCUT2D eigenvalue weighted by molar-refractivity contribution is 0.134. The minimum Gasteiger partial charge on any atom is -0.508 e. The predicted octanol–water partition coefficient (Wildman–Crippen LogP) is 0.782. The zero-order chi connectivity index (χ0) is 16.4. The van der Waals surface area contributed by atoms with Gasteiger partial charge in [0.1, 0.15) is 24.1 Å². The molecule has 7 nitrogen and oxygen atoms in total. The number of aliphatic hydroxyl groups is 1. The molecule has 2 aromatic rings. The molecule has 3 rings (SSSR count). The van der Waals surface area contributed by atoms with Crippen LogP contribution in [0.4, 0.5) is 0 Å². The molecule has 7 heteroatoms. The highest BCUT2D eigenvalue weighted by Crippen LogP contribution is 2.40. The Bertz CT molecular complexity index is 810. The van der Waals surface area contributed by atoms with Crippen molar-refractivity contribution in [2.75, 3.05) is 0 Å². The number of phenols is 1. The van der Waals surface area contributed by atoms with Crippen LogP contribution in [0.25, 0.3) is 0 Å². The van der Waals surface area contributed by atoms with E-state index in [9.17, 15) is 15.5 Å². The number of hydrazine groups is 1. The Morgan fingerprint density at radius 3 is 2.52 bits per heavy atom. The van der Waals surface area contributed by atoms with Crippen LogP contribution in [0, 0.1) is 22.7 Å². The highest BCUT2D eigenvalue weighted by atomic mass is 16.3. The van der Waals surface area contributed by atoms with Crippen molar-refractivity contribution >= 4 is 0 Å². The van der Waals surface area contributed by atoms with E-state index < -0.39 is 12.1 Å². The fourth-order valence-electron chi connectivity index (χ4n) is 2.79. The summed E-state index contributed by atoms with van der Waals surface area (Å²) in [5, 5.41) is 38.7. The van der Waals surface area contributed by atoms with Crippen molar-refractivity contribution in [2.24, 2.45) is 0 Å². The molecule has 1 saturated heterocycles. The summed E-state index contributed by atoms with van der Waals surface area (Å²) < 4.78 is 0. The maximum absolute atomic E-state index is 10.2.